The predicted molar refractivity (Wildman–Crippen MR) is 139 cm³/mol. The first-order valence-corrected chi connectivity index (χ1v) is 12.0. The summed E-state index contributed by atoms with van der Waals surface area (Å²) in [5, 5.41) is 20.4. The van der Waals surface area contributed by atoms with Gasteiger partial charge in [0.15, 0.2) is 0 Å². The third-order valence-corrected chi connectivity index (χ3v) is 5.86. The summed E-state index contributed by atoms with van der Waals surface area (Å²) in [7, 11) is 0. The standard InChI is InChI=1S/C28H31ClN2O5/c1-18(15-21-7-5-6-8-23(21)19-9-11-20(12-10-19)26(33)34)31(27(35)36-28(2,3)4)17-24(32)22-13-14-25(29)30-16-22/h5-14,16,18,24,32H,15,17H2,1-4H3,(H,33,34)/t18-,24+/m1/s1. The van der Waals surface area contributed by atoms with Gasteiger partial charge in [-0.2, -0.15) is 0 Å². The lowest BCUT2D eigenvalue weighted by Gasteiger charge is -2.33. The van der Waals surface area contributed by atoms with Crippen LogP contribution in [0.1, 0.15) is 55.3 Å². The van der Waals surface area contributed by atoms with E-state index in [1.807, 2.05) is 31.2 Å². The van der Waals surface area contributed by atoms with Gasteiger partial charge in [0, 0.05) is 17.8 Å². The number of aromatic nitrogens is 1. The molecule has 3 aromatic rings. The van der Waals surface area contributed by atoms with Crippen molar-refractivity contribution >= 4 is 23.7 Å². The Kier molecular flexibility index (Phi) is 8.71. The number of benzene rings is 2. The summed E-state index contributed by atoms with van der Waals surface area (Å²) in [4.78, 5) is 29.9. The maximum Gasteiger partial charge on any atom is 0.410 e. The molecule has 36 heavy (non-hydrogen) atoms. The molecule has 0 unspecified atom stereocenters. The Bertz CT molecular complexity index is 1190. The lowest BCUT2D eigenvalue weighted by molar-refractivity contribution is 0.00543. The molecule has 0 aliphatic rings. The van der Waals surface area contributed by atoms with Gasteiger partial charge in [0.05, 0.1) is 18.2 Å². The lowest BCUT2D eigenvalue weighted by Crippen LogP contribution is -2.45. The summed E-state index contributed by atoms with van der Waals surface area (Å²) in [6, 6.07) is 17.4. The first-order chi connectivity index (χ1) is 16.9. The molecule has 2 atom stereocenters. The molecular weight excluding hydrogens is 480 g/mol. The molecule has 0 spiro atoms. The Morgan fingerprint density at radius 3 is 2.31 bits per heavy atom. The van der Waals surface area contributed by atoms with Crippen LogP contribution in [-0.4, -0.2) is 50.3 Å². The second-order valence-electron chi connectivity index (χ2n) is 9.66. The van der Waals surface area contributed by atoms with E-state index in [0.29, 0.717) is 17.1 Å². The number of carbonyl (C=O) groups excluding carboxylic acids is 1. The van der Waals surface area contributed by atoms with Crippen molar-refractivity contribution in [2.24, 2.45) is 0 Å². The molecule has 0 radical (unpaired) electrons. The normalized spacial score (nSPS) is 13.1. The summed E-state index contributed by atoms with van der Waals surface area (Å²) < 4.78 is 5.65. The molecule has 190 valence electrons. The monoisotopic (exact) mass is 510 g/mol. The average Bonchev–Trinajstić information content (AvgIpc) is 2.82. The number of hydrogen-bond acceptors (Lipinski definition) is 5. The van der Waals surface area contributed by atoms with E-state index in [0.717, 1.165) is 16.7 Å². The van der Waals surface area contributed by atoms with E-state index in [4.69, 9.17) is 16.3 Å². The van der Waals surface area contributed by atoms with Gasteiger partial charge in [0.2, 0.25) is 0 Å². The number of nitrogens with zero attached hydrogens (tertiary/aromatic N) is 2. The third-order valence-electron chi connectivity index (χ3n) is 5.64. The summed E-state index contributed by atoms with van der Waals surface area (Å²) in [5.41, 5.74) is 2.84. The van der Waals surface area contributed by atoms with Crippen LogP contribution in [0.5, 0.6) is 0 Å². The van der Waals surface area contributed by atoms with Gasteiger partial charge in [-0.3, -0.25) is 0 Å². The Hall–Kier alpha value is -3.42. The molecule has 3 rings (SSSR count). The fraction of sp³-hybridized carbons (Fsp3) is 0.321. The maximum absolute atomic E-state index is 13.2. The summed E-state index contributed by atoms with van der Waals surface area (Å²) in [5.74, 6) is -0.981. The number of hydrogen-bond donors (Lipinski definition) is 2. The zero-order chi connectivity index (χ0) is 26.5. The van der Waals surface area contributed by atoms with E-state index in [-0.39, 0.29) is 18.2 Å². The summed E-state index contributed by atoms with van der Waals surface area (Å²) >= 11 is 5.87. The van der Waals surface area contributed by atoms with Crippen molar-refractivity contribution in [2.45, 2.75) is 51.9 Å². The van der Waals surface area contributed by atoms with Crippen molar-refractivity contribution in [1.29, 1.82) is 0 Å². The SMILES string of the molecule is C[C@H](Cc1ccccc1-c1ccc(C(=O)O)cc1)N(C[C@H](O)c1ccc(Cl)nc1)C(=O)OC(C)(C)C. The van der Waals surface area contributed by atoms with E-state index >= 15 is 0 Å². The molecular formula is C28H31ClN2O5. The van der Waals surface area contributed by atoms with Gasteiger partial charge in [-0.15, -0.1) is 0 Å². The number of amides is 1. The molecule has 0 bridgehead atoms. The highest BCUT2D eigenvalue weighted by molar-refractivity contribution is 6.29. The lowest BCUT2D eigenvalue weighted by atomic mass is 9.94. The minimum Gasteiger partial charge on any atom is -0.478 e. The van der Waals surface area contributed by atoms with Gasteiger partial charge in [0.1, 0.15) is 10.8 Å². The van der Waals surface area contributed by atoms with Gasteiger partial charge < -0.3 is 19.8 Å². The number of pyridine rings is 1. The molecule has 0 aliphatic carbocycles. The Labute approximate surface area is 216 Å². The number of rotatable bonds is 8. The third kappa shape index (κ3) is 7.29. The fourth-order valence-electron chi connectivity index (χ4n) is 3.83. The second kappa shape index (κ2) is 11.5. The second-order valence-corrected chi connectivity index (χ2v) is 10.0. The summed E-state index contributed by atoms with van der Waals surface area (Å²) in [6.45, 7) is 7.30. The minimum atomic E-state index is -0.983. The topological polar surface area (TPSA) is 100.0 Å². The van der Waals surface area contributed by atoms with E-state index in [2.05, 4.69) is 4.98 Å². The van der Waals surface area contributed by atoms with Crippen LogP contribution in [0.2, 0.25) is 5.15 Å². The molecule has 2 aromatic carbocycles. The van der Waals surface area contributed by atoms with E-state index < -0.39 is 23.8 Å². The number of aliphatic hydroxyl groups is 1. The molecule has 0 saturated carbocycles. The van der Waals surface area contributed by atoms with Crippen LogP contribution in [0.3, 0.4) is 0 Å². The van der Waals surface area contributed by atoms with Crippen LogP contribution in [0.4, 0.5) is 4.79 Å². The van der Waals surface area contributed by atoms with Crippen LogP contribution in [0.15, 0.2) is 66.9 Å². The zero-order valence-corrected chi connectivity index (χ0v) is 21.6. The quantitative estimate of drug-likeness (QED) is 0.360. The Morgan fingerprint density at radius 1 is 1.06 bits per heavy atom. The zero-order valence-electron chi connectivity index (χ0n) is 20.8. The van der Waals surface area contributed by atoms with Crippen LogP contribution in [0, 0.1) is 0 Å². The van der Waals surface area contributed by atoms with Crippen molar-refractivity contribution in [3.8, 4) is 11.1 Å². The van der Waals surface area contributed by atoms with Gasteiger partial charge >= 0.3 is 12.1 Å². The molecule has 0 saturated heterocycles. The Balaban J connectivity index is 1.87. The smallest absolute Gasteiger partial charge is 0.410 e. The number of carboxylic acids is 1. The van der Waals surface area contributed by atoms with E-state index in [1.54, 1.807) is 57.2 Å². The number of carbonyl (C=O) groups is 2. The van der Waals surface area contributed by atoms with Gasteiger partial charge in [-0.05, 0) is 69.0 Å². The predicted octanol–water partition coefficient (Wildman–Crippen LogP) is 6.00. The first-order valence-electron chi connectivity index (χ1n) is 11.7. The average molecular weight is 511 g/mol. The highest BCUT2D eigenvalue weighted by atomic mass is 35.5. The number of ether oxygens (including phenoxy) is 1. The fourth-order valence-corrected chi connectivity index (χ4v) is 3.94. The van der Waals surface area contributed by atoms with Crippen molar-refractivity contribution in [2.75, 3.05) is 6.54 Å². The van der Waals surface area contributed by atoms with Crippen LogP contribution >= 0.6 is 11.6 Å². The minimum absolute atomic E-state index is 0.00880. The number of halogens is 1. The number of carboxylic acid groups (broad SMARTS) is 1. The molecule has 1 amide bonds. The molecule has 1 heterocycles. The van der Waals surface area contributed by atoms with Crippen LogP contribution in [0.25, 0.3) is 11.1 Å². The van der Waals surface area contributed by atoms with Gasteiger partial charge in [0.25, 0.3) is 0 Å². The highest BCUT2D eigenvalue weighted by Crippen LogP contribution is 2.27. The van der Waals surface area contributed by atoms with Crippen molar-refractivity contribution in [3.63, 3.8) is 0 Å². The van der Waals surface area contributed by atoms with E-state index in [1.165, 1.54) is 11.1 Å². The largest absolute Gasteiger partial charge is 0.478 e. The van der Waals surface area contributed by atoms with Crippen molar-refractivity contribution in [3.05, 3.63) is 88.7 Å². The number of aromatic carboxylic acids is 1. The molecule has 7 nitrogen and oxygen atoms in total. The maximum atomic E-state index is 13.2. The summed E-state index contributed by atoms with van der Waals surface area (Å²) in [6.07, 6.45) is 0.464. The van der Waals surface area contributed by atoms with E-state index in [9.17, 15) is 19.8 Å². The van der Waals surface area contributed by atoms with Crippen LogP contribution < -0.4 is 0 Å². The van der Waals surface area contributed by atoms with Crippen molar-refractivity contribution in [1.82, 2.24) is 9.88 Å². The van der Waals surface area contributed by atoms with Gasteiger partial charge in [-0.25, -0.2) is 14.6 Å². The van der Waals surface area contributed by atoms with Crippen molar-refractivity contribution < 1.29 is 24.5 Å². The first kappa shape index (κ1) is 27.2. The molecule has 8 heteroatoms. The Morgan fingerprint density at radius 2 is 1.72 bits per heavy atom. The number of aliphatic hydroxyl groups excluding tert-OH is 1. The highest BCUT2D eigenvalue weighted by Gasteiger charge is 2.29. The molecule has 2 N–H and O–H groups in total. The molecule has 0 aliphatic heterocycles. The van der Waals surface area contributed by atoms with Crippen LogP contribution in [-0.2, 0) is 11.2 Å². The van der Waals surface area contributed by atoms with Gasteiger partial charge in [-0.1, -0.05) is 54.1 Å². The molecule has 0 fully saturated rings. The molecule has 1 aromatic heterocycles.